The minimum atomic E-state index is -4.73. The van der Waals surface area contributed by atoms with Crippen molar-refractivity contribution in [3.8, 4) is 11.4 Å². The van der Waals surface area contributed by atoms with Crippen LogP contribution in [0.15, 0.2) is 22.7 Å². The smallest absolute Gasteiger partial charge is 0.351 e. The maximum atomic E-state index is 13.2. The third-order valence-corrected chi connectivity index (χ3v) is 6.27. The molecule has 164 valence electrons. The molecule has 3 aliphatic rings. The Morgan fingerprint density at radius 1 is 1.16 bits per heavy atom. The molecule has 1 aromatic heterocycles. The molecule has 10 heteroatoms. The van der Waals surface area contributed by atoms with Crippen LogP contribution in [0.5, 0.6) is 0 Å². The topological polar surface area (TPSA) is 88.3 Å². The van der Waals surface area contributed by atoms with Gasteiger partial charge in [0.05, 0.1) is 6.04 Å². The highest BCUT2D eigenvalue weighted by Gasteiger charge is 2.41. The highest BCUT2D eigenvalue weighted by molar-refractivity contribution is 5.99. The van der Waals surface area contributed by atoms with Gasteiger partial charge in [0, 0.05) is 29.6 Å². The normalized spacial score (nSPS) is 23.7. The lowest BCUT2D eigenvalue weighted by Gasteiger charge is -2.38. The molecule has 5 rings (SSSR count). The lowest BCUT2D eigenvalue weighted by atomic mass is 9.89. The highest BCUT2D eigenvalue weighted by Crippen LogP contribution is 2.35. The monoisotopic (exact) mass is 434 g/mol. The molecule has 0 spiro atoms. The number of nitrogens with zero attached hydrogens (tertiary/aromatic N) is 3. The molecular formula is C21H21F3N4O3. The number of nitrogens with one attached hydrogen (secondary N) is 1. The number of amides is 2. The molecular weight excluding hydrogens is 413 g/mol. The molecule has 1 aliphatic heterocycles. The third-order valence-electron chi connectivity index (χ3n) is 6.27. The van der Waals surface area contributed by atoms with Crippen LogP contribution in [-0.2, 0) is 17.5 Å². The van der Waals surface area contributed by atoms with Gasteiger partial charge in [0.15, 0.2) is 0 Å². The van der Waals surface area contributed by atoms with E-state index in [1.807, 2.05) is 0 Å². The molecule has 2 fully saturated rings. The van der Waals surface area contributed by atoms with E-state index in [-0.39, 0.29) is 41.2 Å². The van der Waals surface area contributed by atoms with E-state index in [9.17, 15) is 22.8 Å². The molecule has 2 aromatic rings. The summed E-state index contributed by atoms with van der Waals surface area (Å²) in [6, 6.07) is 4.65. The van der Waals surface area contributed by atoms with E-state index in [2.05, 4.69) is 20.0 Å². The Labute approximate surface area is 176 Å². The first-order chi connectivity index (χ1) is 14.8. The number of alkyl halides is 3. The molecule has 2 amide bonds. The fourth-order valence-corrected chi connectivity index (χ4v) is 4.49. The van der Waals surface area contributed by atoms with Crippen LogP contribution in [0.2, 0.25) is 0 Å². The van der Waals surface area contributed by atoms with Crippen molar-refractivity contribution in [1.29, 1.82) is 0 Å². The standard InChI is InChI=1S/C21H21F3N4O3/c22-21(23,24)20-26-17(27-31-20)12-7-8-13-10-28(19(30)14(13)9-12)16-4-2-1-3-15(16)25-18(29)11-5-6-11/h7-9,11,15-16H,1-6,10H2,(H,25,29)/t15-,16+/m0/s1. The van der Waals surface area contributed by atoms with Crippen LogP contribution < -0.4 is 5.32 Å². The van der Waals surface area contributed by atoms with E-state index in [0.29, 0.717) is 12.1 Å². The number of aromatic nitrogens is 2. The van der Waals surface area contributed by atoms with Gasteiger partial charge < -0.3 is 14.7 Å². The zero-order valence-corrected chi connectivity index (χ0v) is 16.6. The average molecular weight is 434 g/mol. The number of hydrogen-bond donors (Lipinski definition) is 1. The van der Waals surface area contributed by atoms with Crippen molar-refractivity contribution in [3.63, 3.8) is 0 Å². The summed E-state index contributed by atoms with van der Waals surface area (Å²) in [6.45, 7) is 0.412. The van der Waals surface area contributed by atoms with Crippen molar-refractivity contribution in [2.75, 3.05) is 0 Å². The summed E-state index contributed by atoms with van der Waals surface area (Å²) < 4.78 is 42.5. The number of rotatable bonds is 4. The largest absolute Gasteiger partial charge is 0.471 e. The van der Waals surface area contributed by atoms with E-state index < -0.39 is 12.1 Å². The summed E-state index contributed by atoms with van der Waals surface area (Å²) in [7, 11) is 0. The zero-order valence-electron chi connectivity index (χ0n) is 16.6. The molecule has 0 radical (unpaired) electrons. The second kappa shape index (κ2) is 7.35. The lowest BCUT2D eigenvalue weighted by Crippen LogP contribution is -2.53. The minimum Gasteiger partial charge on any atom is -0.351 e. The van der Waals surface area contributed by atoms with Gasteiger partial charge in [-0.1, -0.05) is 30.1 Å². The van der Waals surface area contributed by atoms with E-state index >= 15 is 0 Å². The number of fused-ring (bicyclic) bond motifs is 1. The van der Waals surface area contributed by atoms with Crippen molar-refractivity contribution < 1.29 is 27.3 Å². The third kappa shape index (κ3) is 3.79. The Bertz CT molecular complexity index is 1030. The van der Waals surface area contributed by atoms with Gasteiger partial charge in [-0.2, -0.15) is 18.2 Å². The maximum Gasteiger partial charge on any atom is 0.471 e. The summed E-state index contributed by atoms with van der Waals surface area (Å²) in [6.07, 6.45) is 0.743. The first-order valence-corrected chi connectivity index (χ1v) is 10.5. The SMILES string of the molecule is O=C(N[C@H]1CCCC[C@H]1N1Cc2ccc(-c3noc(C(F)(F)F)n3)cc2C1=O)C1CC1. The summed E-state index contributed by atoms with van der Waals surface area (Å²) >= 11 is 0. The summed E-state index contributed by atoms with van der Waals surface area (Å²) in [5.41, 5.74) is 1.51. The van der Waals surface area contributed by atoms with E-state index in [1.54, 1.807) is 17.0 Å². The predicted molar refractivity (Wildman–Crippen MR) is 102 cm³/mol. The summed E-state index contributed by atoms with van der Waals surface area (Å²) in [4.78, 5) is 30.7. The molecule has 2 aliphatic carbocycles. The van der Waals surface area contributed by atoms with Crippen molar-refractivity contribution in [2.45, 2.75) is 63.3 Å². The zero-order chi connectivity index (χ0) is 21.8. The second-order valence-electron chi connectivity index (χ2n) is 8.47. The van der Waals surface area contributed by atoms with Crippen LogP contribution in [0.3, 0.4) is 0 Å². The molecule has 0 bridgehead atoms. The van der Waals surface area contributed by atoms with Crippen molar-refractivity contribution in [1.82, 2.24) is 20.4 Å². The average Bonchev–Trinajstić information content (AvgIpc) is 3.38. The molecule has 1 aromatic carbocycles. The number of benzene rings is 1. The van der Waals surface area contributed by atoms with E-state index in [4.69, 9.17) is 0 Å². The van der Waals surface area contributed by atoms with Gasteiger partial charge in [-0.05, 0) is 37.3 Å². The van der Waals surface area contributed by atoms with Crippen LogP contribution in [0.25, 0.3) is 11.4 Å². The number of hydrogen-bond acceptors (Lipinski definition) is 5. The quantitative estimate of drug-likeness (QED) is 0.795. The van der Waals surface area contributed by atoms with Crippen molar-refractivity contribution in [3.05, 3.63) is 35.2 Å². The Kier molecular flexibility index (Phi) is 4.75. The Morgan fingerprint density at radius 3 is 2.65 bits per heavy atom. The number of carbonyl (C=O) groups excluding carboxylic acids is 2. The molecule has 2 heterocycles. The fourth-order valence-electron chi connectivity index (χ4n) is 4.49. The molecule has 1 N–H and O–H groups in total. The number of carbonyl (C=O) groups is 2. The first-order valence-electron chi connectivity index (χ1n) is 10.5. The molecule has 7 nitrogen and oxygen atoms in total. The van der Waals surface area contributed by atoms with Crippen molar-refractivity contribution >= 4 is 11.8 Å². The molecule has 0 saturated heterocycles. The van der Waals surface area contributed by atoms with E-state index in [1.165, 1.54) is 6.07 Å². The van der Waals surface area contributed by atoms with Crippen LogP contribution in [0.4, 0.5) is 13.2 Å². The van der Waals surface area contributed by atoms with Gasteiger partial charge >= 0.3 is 12.1 Å². The van der Waals surface area contributed by atoms with E-state index in [0.717, 1.165) is 44.1 Å². The minimum absolute atomic E-state index is 0.0703. The van der Waals surface area contributed by atoms with Gasteiger partial charge in [0.1, 0.15) is 0 Å². The predicted octanol–water partition coefficient (Wildman–Crippen LogP) is 3.55. The maximum absolute atomic E-state index is 13.2. The fraction of sp³-hybridized carbons (Fsp3) is 0.524. The Hall–Kier alpha value is -2.91. The molecule has 2 saturated carbocycles. The van der Waals surface area contributed by atoms with Gasteiger partial charge in [-0.25, -0.2) is 0 Å². The van der Waals surface area contributed by atoms with Crippen molar-refractivity contribution in [2.24, 2.45) is 5.92 Å². The molecule has 31 heavy (non-hydrogen) atoms. The van der Waals surface area contributed by atoms with Gasteiger partial charge in [-0.15, -0.1) is 0 Å². The summed E-state index contributed by atoms with van der Waals surface area (Å²) in [5, 5.41) is 6.54. The van der Waals surface area contributed by atoms with Crippen LogP contribution in [0.1, 0.15) is 60.3 Å². The lowest BCUT2D eigenvalue weighted by molar-refractivity contribution is -0.159. The number of halogens is 3. The van der Waals surface area contributed by atoms with Crippen LogP contribution in [0, 0.1) is 5.92 Å². The van der Waals surface area contributed by atoms with Crippen LogP contribution >= 0.6 is 0 Å². The second-order valence-corrected chi connectivity index (χ2v) is 8.47. The Balaban J connectivity index is 1.37. The Morgan fingerprint density at radius 2 is 1.94 bits per heavy atom. The highest BCUT2D eigenvalue weighted by atomic mass is 19.4. The van der Waals surface area contributed by atoms with Crippen LogP contribution in [-0.4, -0.2) is 38.9 Å². The molecule has 0 unspecified atom stereocenters. The van der Waals surface area contributed by atoms with Gasteiger partial charge in [-0.3, -0.25) is 9.59 Å². The van der Waals surface area contributed by atoms with Gasteiger partial charge in [0.2, 0.25) is 11.7 Å². The summed E-state index contributed by atoms with van der Waals surface area (Å²) in [5.74, 6) is -1.65. The first kappa shape index (κ1) is 20.0. The molecule has 2 atom stereocenters. The van der Waals surface area contributed by atoms with Gasteiger partial charge in [0.25, 0.3) is 5.91 Å².